The largest absolute Gasteiger partial charge is 0.490 e. The summed E-state index contributed by atoms with van der Waals surface area (Å²) in [7, 11) is -4.00. The molecule has 0 saturated carbocycles. The van der Waals surface area contributed by atoms with E-state index in [1.165, 1.54) is 44.6 Å². The van der Waals surface area contributed by atoms with Crippen molar-refractivity contribution in [2.75, 3.05) is 42.3 Å². The van der Waals surface area contributed by atoms with Gasteiger partial charge in [0.2, 0.25) is 0 Å². The Kier molecular flexibility index (Phi) is 10.9. The fourth-order valence-electron chi connectivity index (χ4n) is 4.73. The number of aromatic carboxylic acids is 1. The number of nitrogens with zero attached hydrogens (tertiary/aromatic N) is 3. The van der Waals surface area contributed by atoms with Crippen molar-refractivity contribution in [1.82, 2.24) is 9.88 Å². The van der Waals surface area contributed by atoms with E-state index in [-0.39, 0.29) is 16.1 Å². The first kappa shape index (κ1) is 32.1. The van der Waals surface area contributed by atoms with E-state index >= 15 is 0 Å². The molecule has 2 aliphatic rings. The number of aliphatic carboxylic acids is 1. The van der Waals surface area contributed by atoms with Gasteiger partial charge in [-0.15, -0.1) is 0 Å². The number of aromatic nitrogens is 1. The van der Waals surface area contributed by atoms with Crippen LogP contribution in [0.2, 0.25) is 0 Å². The summed E-state index contributed by atoms with van der Waals surface area (Å²) in [5, 5.41) is 16.9. The summed E-state index contributed by atoms with van der Waals surface area (Å²) < 4.78 is 72.3. The minimum atomic E-state index is -5.08. The number of hydrogen-bond acceptors (Lipinski definition) is 7. The van der Waals surface area contributed by atoms with Gasteiger partial charge < -0.3 is 20.0 Å². The van der Waals surface area contributed by atoms with Crippen LogP contribution in [0.25, 0.3) is 0 Å². The number of halogens is 4. The van der Waals surface area contributed by atoms with Gasteiger partial charge in [0.1, 0.15) is 17.2 Å². The highest BCUT2D eigenvalue weighted by Crippen LogP contribution is 2.29. The lowest BCUT2D eigenvalue weighted by Crippen LogP contribution is -2.37. The van der Waals surface area contributed by atoms with Crippen LogP contribution in [0.1, 0.15) is 48.9 Å². The lowest BCUT2D eigenvalue weighted by atomic mass is 9.93. The summed E-state index contributed by atoms with van der Waals surface area (Å²) in [6.07, 6.45) is 3.28. The molecular weight excluding hydrogens is 572 g/mol. The Balaban J connectivity index is 0.000000587. The van der Waals surface area contributed by atoms with Crippen molar-refractivity contribution in [3.63, 3.8) is 0 Å². The van der Waals surface area contributed by atoms with Crippen LogP contribution in [0.3, 0.4) is 0 Å². The van der Waals surface area contributed by atoms with Crippen molar-refractivity contribution in [1.29, 1.82) is 0 Å². The van der Waals surface area contributed by atoms with Gasteiger partial charge in [0.05, 0.1) is 16.8 Å². The Morgan fingerprint density at radius 3 is 2.12 bits per heavy atom. The molecule has 10 nitrogen and oxygen atoms in total. The molecule has 2 saturated heterocycles. The zero-order valence-electron chi connectivity index (χ0n) is 22.1. The first-order valence-corrected chi connectivity index (χ1v) is 14.5. The molecule has 226 valence electrons. The van der Waals surface area contributed by atoms with E-state index in [9.17, 15) is 35.9 Å². The second kappa shape index (κ2) is 13.9. The number of pyridine rings is 1. The smallest absolute Gasteiger partial charge is 0.478 e. The number of rotatable bonds is 8. The molecule has 0 atom stereocenters. The second-order valence-corrected chi connectivity index (χ2v) is 11.6. The minimum absolute atomic E-state index is 0.0434. The SMILES string of the molecule is O=C(O)C(F)(F)F.O=C(O)c1cc(NS(=O)(=O)c2ccc(F)cc2)cnc1N1CCC(CCN2CCCCC2)CC1. The number of hydrogen-bond donors (Lipinski definition) is 3. The predicted molar refractivity (Wildman–Crippen MR) is 142 cm³/mol. The third-order valence-corrected chi connectivity index (χ3v) is 8.33. The number of carboxylic acid groups (broad SMARTS) is 2. The van der Waals surface area contributed by atoms with Crippen LogP contribution in [0, 0.1) is 11.7 Å². The Bertz CT molecular complexity index is 1290. The highest BCUT2D eigenvalue weighted by Gasteiger charge is 2.38. The summed E-state index contributed by atoms with van der Waals surface area (Å²) in [4.78, 5) is 29.5. The van der Waals surface area contributed by atoms with E-state index in [2.05, 4.69) is 14.6 Å². The quantitative estimate of drug-likeness (QED) is 0.373. The lowest BCUT2D eigenvalue weighted by Gasteiger charge is -2.35. The van der Waals surface area contributed by atoms with Crippen molar-refractivity contribution >= 4 is 33.5 Å². The van der Waals surface area contributed by atoms with Crippen LogP contribution in [0.15, 0.2) is 41.4 Å². The maximum absolute atomic E-state index is 13.1. The van der Waals surface area contributed by atoms with Crippen LogP contribution in [0.4, 0.5) is 29.1 Å². The van der Waals surface area contributed by atoms with E-state index in [4.69, 9.17) is 9.90 Å². The summed E-state index contributed by atoms with van der Waals surface area (Å²) >= 11 is 0. The van der Waals surface area contributed by atoms with Crippen molar-refractivity contribution in [3.05, 3.63) is 47.9 Å². The molecule has 1 aromatic carbocycles. The van der Waals surface area contributed by atoms with Gasteiger partial charge >= 0.3 is 18.1 Å². The van der Waals surface area contributed by atoms with Gasteiger partial charge in [0, 0.05) is 13.1 Å². The average Bonchev–Trinajstić information content (AvgIpc) is 2.92. The third kappa shape index (κ3) is 9.56. The van der Waals surface area contributed by atoms with Gasteiger partial charge in [-0.2, -0.15) is 13.2 Å². The van der Waals surface area contributed by atoms with Crippen LogP contribution in [-0.2, 0) is 14.8 Å². The van der Waals surface area contributed by atoms with Gasteiger partial charge in [-0.3, -0.25) is 4.72 Å². The Hall–Kier alpha value is -3.46. The summed E-state index contributed by atoms with van der Waals surface area (Å²) in [5.41, 5.74) is -0.00651. The number of benzene rings is 1. The van der Waals surface area contributed by atoms with Crippen molar-refractivity contribution in [2.45, 2.75) is 49.6 Å². The summed E-state index contributed by atoms with van der Waals surface area (Å²) in [6.45, 7) is 4.97. The molecular formula is C26H32F4N4O6S. The number of anilines is 2. The number of alkyl halides is 3. The van der Waals surface area contributed by atoms with Crippen LogP contribution >= 0.6 is 0 Å². The molecule has 2 aromatic rings. The predicted octanol–water partition coefficient (Wildman–Crippen LogP) is 4.45. The van der Waals surface area contributed by atoms with E-state index in [0.717, 1.165) is 63.2 Å². The van der Waals surface area contributed by atoms with Gasteiger partial charge in [0.15, 0.2) is 0 Å². The average molecular weight is 605 g/mol. The molecule has 0 bridgehead atoms. The minimum Gasteiger partial charge on any atom is -0.478 e. The maximum atomic E-state index is 13.1. The first-order chi connectivity index (χ1) is 19.3. The zero-order chi connectivity index (χ0) is 30.2. The molecule has 0 aliphatic carbocycles. The van der Waals surface area contributed by atoms with Crippen LogP contribution in [-0.4, -0.2) is 79.4 Å². The summed E-state index contributed by atoms with van der Waals surface area (Å²) in [5.74, 6) is -3.50. The molecule has 1 aromatic heterocycles. The Labute approximate surface area is 235 Å². The molecule has 0 unspecified atom stereocenters. The molecule has 4 rings (SSSR count). The fraction of sp³-hybridized carbons (Fsp3) is 0.500. The molecule has 41 heavy (non-hydrogen) atoms. The van der Waals surface area contributed by atoms with Gasteiger partial charge in [-0.25, -0.2) is 27.4 Å². The molecule has 2 aliphatic heterocycles. The van der Waals surface area contributed by atoms with E-state index in [0.29, 0.717) is 11.7 Å². The molecule has 0 spiro atoms. The van der Waals surface area contributed by atoms with Crippen LogP contribution in [0.5, 0.6) is 0 Å². The molecule has 0 amide bonds. The molecule has 3 heterocycles. The number of carboxylic acids is 2. The van der Waals surface area contributed by atoms with Crippen molar-refractivity contribution < 1.29 is 45.8 Å². The fourth-order valence-corrected chi connectivity index (χ4v) is 5.77. The molecule has 3 N–H and O–H groups in total. The molecule has 2 fully saturated rings. The first-order valence-electron chi connectivity index (χ1n) is 13.1. The Morgan fingerprint density at radius 1 is 1.00 bits per heavy atom. The number of sulfonamides is 1. The molecule has 15 heteroatoms. The van der Waals surface area contributed by atoms with E-state index in [1.807, 2.05) is 4.90 Å². The highest BCUT2D eigenvalue weighted by atomic mass is 32.2. The lowest BCUT2D eigenvalue weighted by molar-refractivity contribution is -0.192. The normalized spacial score (nSPS) is 16.9. The van der Waals surface area contributed by atoms with Gasteiger partial charge in [-0.1, -0.05) is 6.42 Å². The second-order valence-electron chi connectivity index (χ2n) is 9.88. The standard InChI is InChI=1S/C24H31FN4O4S.C2HF3O2/c25-19-4-6-21(7-5-19)34(32,33)27-20-16-22(24(30)31)23(26-17-20)29-14-9-18(10-15-29)8-13-28-11-2-1-3-12-28;3-2(4,5)1(6)7/h4-7,16-18,27H,1-3,8-15H2,(H,30,31);(H,6,7). The highest BCUT2D eigenvalue weighted by molar-refractivity contribution is 7.92. The summed E-state index contributed by atoms with van der Waals surface area (Å²) in [6, 6.07) is 5.68. The van der Waals surface area contributed by atoms with E-state index < -0.39 is 34.0 Å². The molecule has 0 radical (unpaired) electrons. The number of carbonyl (C=O) groups is 2. The van der Waals surface area contributed by atoms with Crippen LogP contribution < -0.4 is 9.62 Å². The number of likely N-dealkylation sites (tertiary alicyclic amines) is 1. The zero-order valence-corrected chi connectivity index (χ0v) is 22.9. The topological polar surface area (TPSA) is 140 Å². The van der Waals surface area contributed by atoms with Gasteiger partial charge in [0.25, 0.3) is 10.0 Å². The third-order valence-electron chi connectivity index (χ3n) is 6.93. The van der Waals surface area contributed by atoms with E-state index in [1.54, 1.807) is 0 Å². The maximum Gasteiger partial charge on any atom is 0.490 e. The van der Waals surface area contributed by atoms with Crippen molar-refractivity contribution in [3.8, 4) is 0 Å². The van der Waals surface area contributed by atoms with Crippen molar-refractivity contribution in [2.24, 2.45) is 5.92 Å². The van der Waals surface area contributed by atoms with Gasteiger partial charge in [-0.05, 0) is 88.0 Å². The number of nitrogens with one attached hydrogen (secondary N) is 1. The Morgan fingerprint density at radius 2 is 1.59 bits per heavy atom. The monoisotopic (exact) mass is 604 g/mol. The number of piperidine rings is 2.